The SMILES string of the molecule is CNc1c(C(C)=N)ncnc1-c1cc(NC(=O)c2ccc(Cl)cn2)nc(NC(=O)C(C)N(C)C(=O)OC(C)(C)C)c1. The van der Waals surface area contributed by atoms with E-state index in [1.54, 1.807) is 53.8 Å². The van der Waals surface area contributed by atoms with E-state index < -0.39 is 29.6 Å². The lowest BCUT2D eigenvalue weighted by Gasteiger charge is -2.28. The van der Waals surface area contributed by atoms with Gasteiger partial charge >= 0.3 is 6.09 Å². The van der Waals surface area contributed by atoms with Crippen molar-refractivity contribution in [3.05, 3.63) is 53.2 Å². The van der Waals surface area contributed by atoms with Crippen LogP contribution in [-0.4, -0.2) is 74.2 Å². The first-order chi connectivity index (χ1) is 19.2. The second kappa shape index (κ2) is 12.7. The lowest BCUT2D eigenvalue weighted by Crippen LogP contribution is -2.45. The first-order valence-electron chi connectivity index (χ1n) is 12.5. The van der Waals surface area contributed by atoms with Crippen molar-refractivity contribution in [1.82, 2.24) is 24.8 Å². The molecular weight excluding hydrogens is 550 g/mol. The summed E-state index contributed by atoms with van der Waals surface area (Å²) in [7, 11) is 3.12. The van der Waals surface area contributed by atoms with Crippen molar-refractivity contribution >= 4 is 52.5 Å². The fourth-order valence-electron chi connectivity index (χ4n) is 3.51. The molecule has 41 heavy (non-hydrogen) atoms. The number of carbonyl (C=O) groups is 3. The zero-order valence-corrected chi connectivity index (χ0v) is 24.5. The molecule has 13 nitrogen and oxygen atoms in total. The smallest absolute Gasteiger partial charge is 0.410 e. The van der Waals surface area contributed by atoms with Gasteiger partial charge in [0.05, 0.1) is 22.1 Å². The molecule has 3 rings (SSSR count). The van der Waals surface area contributed by atoms with E-state index in [9.17, 15) is 14.4 Å². The van der Waals surface area contributed by atoms with E-state index in [4.69, 9.17) is 21.7 Å². The number of nitrogens with zero attached hydrogens (tertiary/aromatic N) is 5. The monoisotopic (exact) mass is 581 g/mol. The van der Waals surface area contributed by atoms with Crippen molar-refractivity contribution in [2.24, 2.45) is 0 Å². The average molecular weight is 582 g/mol. The number of pyridine rings is 2. The molecule has 216 valence electrons. The van der Waals surface area contributed by atoms with Gasteiger partial charge in [-0.2, -0.15) is 0 Å². The third kappa shape index (κ3) is 7.94. The van der Waals surface area contributed by atoms with Crippen LogP contribution in [0, 0.1) is 5.41 Å². The van der Waals surface area contributed by atoms with Crippen LogP contribution in [0.5, 0.6) is 0 Å². The summed E-state index contributed by atoms with van der Waals surface area (Å²) in [6.07, 6.45) is 1.99. The highest BCUT2D eigenvalue weighted by Gasteiger charge is 2.27. The van der Waals surface area contributed by atoms with Gasteiger partial charge in [-0.25, -0.2) is 24.7 Å². The van der Waals surface area contributed by atoms with Gasteiger partial charge in [-0.15, -0.1) is 0 Å². The van der Waals surface area contributed by atoms with Crippen molar-refractivity contribution in [3.63, 3.8) is 0 Å². The van der Waals surface area contributed by atoms with Crippen LogP contribution in [0.2, 0.25) is 5.02 Å². The van der Waals surface area contributed by atoms with E-state index in [0.717, 1.165) is 0 Å². The highest BCUT2D eigenvalue weighted by atomic mass is 35.5. The molecule has 14 heteroatoms. The molecule has 0 fully saturated rings. The Balaban J connectivity index is 2.01. The van der Waals surface area contributed by atoms with Crippen LogP contribution in [0.25, 0.3) is 11.3 Å². The molecule has 3 heterocycles. The second-order valence-electron chi connectivity index (χ2n) is 10.0. The maximum Gasteiger partial charge on any atom is 0.410 e. The molecular formula is C27H32ClN9O4. The average Bonchev–Trinajstić information content (AvgIpc) is 2.90. The molecule has 0 aromatic carbocycles. The minimum absolute atomic E-state index is 0.0742. The topological polar surface area (TPSA) is 175 Å². The summed E-state index contributed by atoms with van der Waals surface area (Å²) >= 11 is 5.88. The van der Waals surface area contributed by atoms with Crippen molar-refractivity contribution in [2.45, 2.75) is 46.3 Å². The molecule has 1 atom stereocenters. The number of nitrogens with one attached hydrogen (secondary N) is 4. The number of hydrogen-bond donors (Lipinski definition) is 4. The molecule has 0 saturated carbocycles. The predicted octanol–water partition coefficient (Wildman–Crippen LogP) is 4.46. The Morgan fingerprint density at radius 2 is 1.73 bits per heavy atom. The summed E-state index contributed by atoms with van der Waals surface area (Å²) in [6.45, 7) is 8.32. The lowest BCUT2D eigenvalue weighted by molar-refractivity contribution is -0.120. The molecule has 0 bridgehead atoms. The predicted molar refractivity (Wildman–Crippen MR) is 157 cm³/mol. The summed E-state index contributed by atoms with van der Waals surface area (Å²) < 4.78 is 5.36. The van der Waals surface area contributed by atoms with Crippen LogP contribution in [0.15, 0.2) is 36.8 Å². The van der Waals surface area contributed by atoms with E-state index in [1.165, 1.54) is 36.6 Å². The number of likely N-dealkylation sites (N-methyl/N-ethyl adjacent to an activating group) is 1. The van der Waals surface area contributed by atoms with Crippen LogP contribution in [-0.2, 0) is 9.53 Å². The Kier molecular flexibility index (Phi) is 9.55. The normalized spacial score (nSPS) is 11.7. The highest BCUT2D eigenvalue weighted by Crippen LogP contribution is 2.31. The van der Waals surface area contributed by atoms with Crippen LogP contribution >= 0.6 is 11.6 Å². The molecule has 0 radical (unpaired) electrons. The molecule has 0 spiro atoms. The zero-order valence-electron chi connectivity index (χ0n) is 23.8. The Hall–Kier alpha value is -4.65. The van der Waals surface area contributed by atoms with Crippen LogP contribution in [0.3, 0.4) is 0 Å². The molecule has 3 aromatic heterocycles. The number of anilines is 3. The van der Waals surface area contributed by atoms with Crippen molar-refractivity contribution in [2.75, 3.05) is 30.0 Å². The van der Waals surface area contributed by atoms with Crippen molar-refractivity contribution < 1.29 is 19.1 Å². The number of amides is 3. The molecule has 3 amide bonds. The lowest BCUT2D eigenvalue weighted by atomic mass is 10.1. The Labute approximate surface area is 242 Å². The summed E-state index contributed by atoms with van der Waals surface area (Å²) in [4.78, 5) is 56.7. The molecule has 1 unspecified atom stereocenters. The van der Waals surface area contributed by atoms with E-state index in [1.807, 2.05) is 0 Å². The van der Waals surface area contributed by atoms with Gasteiger partial charge in [0.15, 0.2) is 0 Å². The molecule has 0 saturated heterocycles. The summed E-state index contributed by atoms with van der Waals surface area (Å²) in [5, 5.41) is 16.8. The minimum Gasteiger partial charge on any atom is -0.444 e. The maximum absolute atomic E-state index is 13.1. The number of ether oxygens (including phenoxy) is 1. The van der Waals surface area contributed by atoms with Gasteiger partial charge in [-0.05, 0) is 58.9 Å². The van der Waals surface area contributed by atoms with Crippen LogP contribution < -0.4 is 16.0 Å². The van der Waals surface area contributed by atoms with Crippen molar-refractivity contribution in [3.8, 4) is 11.3 Å². The maximum atomic E-state index is 13.1. The quantitative estimate of drug-likeness (QED) is 0.280. The molecule has 0 aliphatic heterocycles. The fraction of sp³-hybridized carbons (Fsp3) is 0.333. The van der Waals surface area contributed by atoms with Gasteiger partial charge in [0.1, 0.15) is 41.0 Å². The number of aromatic nitrogens is 4. The highest BCUT2D eigenvalue weighted by molar-refractivity contribution is 6.30. The van der Waals surface area contributed by atoms with E-state index >= 15 is 0 Å². The minimum atomic E-state index is -0.925. The molecule has 0 aliphatic rings. The third-order valence-corrected chi connectivity index (χ3v) is 5.87. The summed E-state index contributed by atoms with van der Waals surface area (Å²) in [5.41, 5.74) is 1.28. The van der Waals surface area contributed by atoms with E-state index in [2.05, 4.69) is 35.9 Å². The summed E-state index contributed by atoms with van der Waals surface area (Å²) in [6, 6.07) is 5.18. The van der Waals surface area contributed by atoms with E-state index in [-0.39, 0.29) is 23.0 Å². The van der Waals surface area contributed by atoms with Crippen LogP contribution in [0.1, 0.15) is 50.8 Å². The fourth-order valence-corrected chi connectivity index (χ4v) is 3.62. The number of halogens is 1. The summed E-state index contributed by atoms with van der Waals surface area (Å²) in [5.74, 6) is -0.951. The van der Waals surface area contributed by atoms with E-state index in [0.29, 0.717) is 27.7 Å². The molecule has 3 aromatic rings. The Bertz CT molecular complexity index is 1470. The number of hydrogen-bond acceptors (Lipinski definition) is 10. The van der Waals surface area contributed by atoms with Crippen molar-refractivity contribution in [1.29, 1.82) is 5.41 Å². The van der Waals surface area contributed by atoms with Gasteiger partial charge in [0.25, 0.3) is 5.91 Å². The molecule has 0 aliphatic carbocycles. The zero-order chi connectivity index (χ0) is 30.5. The molecule has 4 N–H and O–H groups in total. The van der Waals surface area contributed by atoms with Gasteiger partial charge in [-0.3, -0.25) is 14.5 Å². The van der Waals surface area contributed by atoms with Gasteiger partial charge < -0.3 is 26.1 Å². The first-order valence-corrected chi connectivity index (χ1v) is 12.9. The first kappa shape index (κ1) is 30.9. The number of rotatable bonds is 8. The van der Waals surface area contributed by atoms with Gasteiger partial charge in [0.2, 0.25) is 5.91 Å². The Morgan fingerprint density at radius 1 is 1.07 bits per heavy atom. The standard InChI is InChI=1S/C27H32ClN9O4/c1-14(29)21-23(30-6)22(33-13-32-21)16-10-19(35-24(38)15(2)37(7)26(40)41-27(3,4)5)34-20(11-16)36-25(39)18-9-8-17(28)12-31-18/h8-13,15,29-30H,1-7H3,(H2,34,35,36,38,39). The van der Waals surface area contributed by atoms with Gasteiger partial charge in [-0.1, -0.05) is 11.6 Å². The third-order valence-electron chi connectivity index (χ3n) is 5.65. The van der Waals surface area contributed by atoms with Gasteiger partial charge in [0, 0.05) is 25.9 Å². The largest absolute Gasteiger partial charge is 0.444 e. The number of carbonyl (C=O) groups excluding carboxylic acids is 3. The second-order valence-corrected chi connectivity index (χ2v) is 10.5. The van der Waals surface area contributed by atoms with Crippen LogP contribution in [0.4, 0.5) is 22.1 Å². The Morgan fingerprint density at radius 3 is 2.29 bits per heavy atom.